The molecule has 1 unspecified atom stereocenters. The maximum absolute atomic E-state index is 6.33. The van der Waals surface area contributed by atoms with Crippen LogP contribution < -0.4 is 5.32 Å². The Balaban J connectivity index is 2.35. The third-order valence-electron chi connectivity index (χ3n) is 3.42. The fourth-order valence-corrected chi connectivity index (χ4v) is 3.24. The number of hydrogen-bond acceptors (Lipinski definition) is 2. The van der Waals surface area contributed by atoms with Crippen molar-refractivity contribution in [3.8, 4) is 0 Å². The molecule has 0 aliphatic carbocycles. The number of nitrogens with zero attached hydrogens (tertiary/aromatic N) is 2. The standard InChI is InChI=1S/C15H18Cl3N3/c1-4-19-14(10-5-11(16)7-12(17)6-10)8-13-9(2)20-21(3)15(13)18/h5-7,14,19H,4,8H2,1-3H3. The van der Waals surface area contributed by atoms with Gasteiger partial charge in [0.15, 0.2) is 0 Å². The van der Waals surface area contributed by atoms with E-state index in [9.17, 15) is 0 Å². The largest absolute Gasteiger partial charge is 0.310 e. The molecule has 6 heteroatoms. The lowest BCUT2D eigenvalue weighted by molar-refractivity contribution is 0.549. The minimum atomic E-state index is 0.0894. The molecule has 2 rings (SSSR count). The van der Waals surface area contributed by atoms with Gasteiger partial charge in [-0.3, -0.25) is 4.68 Å². The number of rotatable bonds is 5. The van der Waals surface area contributed by atoms with E-state index in [4.69, 9.17) is 34.8 Å². The van der Waals surface area contributed by atoms with E-state index in [-0.39, 0.29) is 6.04 Å². The van der Waals surface area contributed by atoms with Crippen LogP contribution in [-0.4, -0.2) is 16.3 Å². The van der Waals surface area contributed by atoms with Crippen molar-refractivity contribution in [3.63, 3.8) is 0 Å². The Bertz CT molecular complexity index is 617. The molecule has 0 fully saturated rings. The van der Waals surface area contributed by atoms with E-state index in [1.54, 1.807) is 10.7 Å². The zero-order valence-electron chi connectivity index (χ0n) is 12.3. The Labute approximate surface area is 140 Å². The van der Waals surface area contributed by atoms with Gasteiger partial charge in [0.1, 0.15) is 5.15 Å². The molecule has 0 aliphatic heterocycles. The number of halogens is 3. The van der Waals surface area contributed by atoms with E-state index in [0.29, 0.717) is 15.2 Å². The lowest BCUT2D eigenvalue weighted by Gasteiger charge is -2.19. The van der Waals surface area contributed by atoms with Crippen LogP contribution in [0.4, 0.5) is 0 Å². The summed E-state index contributed by atoms with van der Waals surface area (Å²) in [4.78, 5) is 0. The van der Waals surface area contributed by atoms with Crippen LogP contribution in [-0.2, 0) is 13.5 Å². The van der Waals surface area contributed by atoms with Crippen LogP contribution >= 0.6 is 34.8 Å². The van der Waals surface area contributed by atoms with Crippen LogP contribution in [0, 0.1) is 6.92 Å². The molecule has 0 spiro atoms. The molecule has 0 bridgehead atoms. The topological polar surface area (TPSA) is 29.9 Å². The van der Waals surface area contributed by atoms with Gasteiger partial charge in [0.05, 0.1) is 5.69 Å². The minimum Gasteiger partial charge on any atom is -0.310 e. The highest BCUT2D eigenvalue weighted by atomic mass is 35.5. The molecule has 1 aromatic carbocycles. The summed E-state index contributed by atoms with van der Waals surface area (Å²) >= 11 is 18.5. The molecule has 21 heavy (non-hydrogen) atoms. The Morgan fingerprint density at radius 1 is 1.19 bits per heavy atom. The lowest BCUT2D eigenvalue weighted by atomic mass is 9.99. The van der Waals surface area contributed by atoms with Crippen molar-refractivity contribution in [1.82, 2.24) is 15.1 Å². The molecule has 0 saturated heterocycles. The van der Waals surface area contributed by atoms with Crippen molar-refractivity contribution in [3.05, 3.63) is 50.2 Å². The second-order valence-electron chi connectivity index (χ2n) is 5.00. The normalized spacial score (nSPS) is 12.7. The van der Waals surface area contributed by atoms with Crippen LogP contribution in [0.2, 0.25) is 15.2 Å². The average molecular weight is 347 g/mol. The first-order valence-corrected chi connectivity index (χ1v) is 7.93. The van der Waals surface area contributed by atoms with Crippen molar-refractivity contribution in [2.75, 3.05) is 6.54 Å². The maximum atomic E-state index is 6.33. The Morgan fingerprint density at radius 3 is 2.29 bits per heavy atom. The van der Waals surface area contributed by atoms with E-state index >= 15 is 0 Å². The van der Waals surface area contributed by atoms with Crippen molar-refractivity contribution < 1.29 is 0 Å². The van der Waals surface area contributed by atoms with Gasteiger partial charge >= 0.3 is 0 Å². The summed E-state index contributed by atoms with van der Waals surface area (Å²) in [6.45, 7) is 4.87. The Kier molecular flexibility index (Phi) is 5.55. The third-order valence-corrected chi connectivity index (χ3v) is 4.33. The second-order valence-corrected chi connectivity index (χ2v) is 6.23. The summed E-state index contributed by atoms with van der Waals surface area (Å²) in [7, 11) is 1.84. The number of hydrogen-bond donors (Lipinski definition) is 1. The smallest absolute Gasteiger partial charge is 0.130 e. The maximum Gasteiger partial charge on any atom is 0.130 e. The molecule has 0 aliphatic rings. The number of nitrogens with one attached hydrogen (secondary N) is 1. The molecular weight excluding hydrogens is 329 g/mol. The zero-order valence-corrected chi connectivity index (χ0v) is 14.5. The van der Waals surface area contributed by atoms with Gasteiger partial charge in [0, 0.05) is 28.7 Å². The first kappa shape index (κ1) is 16.6. The number of benzene rings is 1. The van der Waals surface area contributed by atoms with Crippen LogP contribution in [0.1, 0.15) is 29.8 Å². The molecular formula is C15H18Cl3N3. The minimum absolute atomic E-state index is 0.0894. The summed E-state index contributed by atoms with van der Waals surface area (Å²) < 4.78 is 1.69. The number of likely N-dealkylation sites (N-methyl/N-ethyl adjacent to an activating group) is 1. The van der Waals surface area contributed by atoms with Crippen molar-refractivity contribution in [1.29, 1.82) is 0 Å². The van der Waals surface area contributed by atoms with Crippen molar-refractivity contribution in [2.24, 2.45) is 7.05 Å². The van der Waals surface area contributed by atoms with Gasteiger partial charge in [-0.15, -0.1) is 0 Å². The molecule has 0 saturated carbocycles. The molecule has 1 heterocycles. The highest BCUT2D eigenvalue weighted by Gasteiger charge is 2.18. The summed E-state index contributed by atoms with van der Waals surface area (Å²) in [5, 5.41) is 9.75. The third kappa shape index (κ3) is 3.92. The Hall–Kier alpha value is -0.740. The van der Waals surface area contributed by atoms with Gasteiger partial charge in [0.25, 0.3) is 0 Å². The first-order valence-electron chi connectivity index (χ1n) is 6.79. The van der Waals surface area contributed by atoms with Gasteiger partial charge in [-0.2, -0.15) is 5.10 Å². The highest BCUT2D eigenvalue weighted by Crippen LogP contribution is 2.29. The Morgan fingerprint density at radius 2 is 1.81 bits per heavy atom. The van der Waals surface area contributed by atoms with Gasteiger partial charge < -0.3 is 5.32 Å². The van der Waals surface area contributed by atoms with Crippen molar-refractivity contribution >= 4 is 34.8 Å². The van der Waals surface area contributed by atoms with Crippen LogP contribution in [0.15, 0.2) is 18.2 Å². The van der Waals surface area contributed by atoms with E-state index in [0.717, 1.165) is 29.8 Å². The number of aryl methyl sites for hydroxylation is 2. The van der Waals surface area contributed by atoms with E-state index in [1.807, 2.05) is 26.1 Å². The van der Waals surface area contributed by atoms with Gasteiger partial charge in [-0.25, -0.2) is 0 Å². The number of aromatic nitrogens is 2. The molecule has 1 aromatic heterocycles. The SMILES string of the molecule is CCNC(Cc1c(C)nn(C)c1Cl)c1cc(Cl)cc(Cl)c1. The zero-order chi connectivity index (χ0) is 15.6. The van der Waals surface area contributed by atoms with E-state index in [1.165, 1.54) is 0 Å². The summed E-state index contributed by atoms with van der Waals surface area (Å²) in [6, 6.07) is 5.69. The monoisotopic (exact) mass is 345 g/mol. The molecule has 0 amide bonds. The van der Waals surface area contributed by atoms with Crippen LogP contribution in [0.5, 0.6) is 0 Å². The van der Waals surface area contributed by atoms with Crippen LogP contribution in [0.3, 0.4) is 0 Å². The van der Waals surface area contributed by atoms with E-state index < -0.39 is 0 Å². The van der Waals surface area contributed by atoms with Crippen molar-refractivity contribution in [2.45, 2.75) is 26.3 Å². The van der Waals surface area contributed by atoms with Gasteiger partial charge in [-0.1, -0.05) is 41.7 Å². The molecule has 114 valence electrons. The fourth-order valence-electron chi connectivity index (χ4n) is 2.44. The predicted molar refractivity (Wildman–Crippen MR) is 89.5 cm³/mol. The molecule has 0 radical (unpaired) electrons. The fraction of sp³-hybridized carbons (Fsp3) is 0.400. The summed E-state index contributed by atoms with van der Waals surface area (Å²) in [6.07, 6.45) is 0.739. The average Bonchev–Trinajstić information content (AvgIpc) is 2.63. The molecule has 3 nitrogen and oxygen atoms in total. The molecule has 1 N–H and O–H groups in total. The summed E-state index contributed by atoms with van der Waals surface area (Å²) in [5.74, 6) is 0. The van der Waals surface area contributed by atoms with Gasteiger partial charge in [-0.05, 0) is 43.7 Å². The molecule has 2 aromatic rings. The molecule has 1 atom stereocenters. The lowest BCUT2D eigenvalue weighted by Crippen LogP contribution is -2.23. The first-order chi connectivity index (χ1) is 9.92. The quantitative estimate of drug-likeness (QED) is 0.858. The highest BCUT2D eigenvalue weighted by molar-refractivity contribution is 6.34. The predicted octanol–water partition coefficient (Wildman–Crippen LogP) is 4.58. The van der Waals surface area contributed by atoms with E-state index in [2.05, 4.69) is 17.3 Å². The second kappa shape index (κ2) is 7.01. The summed E-state index contributed by atoms with van der Waals surface area (Å²) in [5.41, 5.74) is 3.04. The van der Waals surface area contributed by atoms with Crippen LogP contribution in [0.25, 0.3) is 0 Å². The van der Waals surface area contributed by atoms with Gasteiger partial charge in [0.2, 0.25) is 0 Å².